The number of benzene rings is 1. The van der Waals surface area contributed by atoms with Gasteiger partial charge in [-0.1, -0.05) is 15.9 Å². The average Bonchev–Trinajstić information content (AvgIpc) is 2.49. The predicted molar refractivity (Wildman–Crippen MR) is 84.5 cm³/mol. The van der Waals surface area contributed by atoms with E-state index in [0.717, 1.165) is 4.47 Å². The van der Waals surface area contributed by atoms with E-state index in [1.54, 1.807) is 32.2 Å². The highest BCUT2D eigenvalue weighted by Crippen LogP contribution is 2.34. The number of anilines is 1. The van der Waals surface area contributed by atoms with Crippen molar-refractivity contribution in [3.8, 4) is 11.8 Å². The first-order valence-corrected chi connectivity index (χ1v) is 7.58. The molecule has 0 bridgehead atoms. The highest BCUT2D eigenvalue weighted by atomic mass is 79.9. The molecule has 2 rings (SSSR count). The summed E-state index contributed by atoms with van der Waals surface area (Å²) in [6.07, 6.45) is 0.253. The second-order valence-corrected chi connectivity index (χ2v) is 6.01. The van der Waals surface area contributed by atoms with Crippen LogP contribution in [0.25, 0.3) is 0 Å². The number of fused-ring (bicyclic) bond motifs is 1. The highest BCUT2D eigenvalue weighted by molar-refractivity contribution is 9.10. The molecule has 7 heteroatoms. The molecule has 1 aliphatic heterocycles. The minimum atomic E-state index is -0.260. The van der Waals surface area contributed by atoms with Crippen molar-refractivity contribution >= 4 is 33.4 Å². The van der Waals surface area contributed by atoms with E-state index in [1.165, 1.54) is 9.80 Å². The molecule has 1 aliphatic rings. The van der Waals surface area contributed by atoms with Crippen LogP contribution in [0, 0.1) is 11.3 Å². The molecule has 1 atom stereocenters. The van der Waals surface area contributed by atoms with Crippen molar-refractivity contribution < 1.29 is 14.3 Å². The van der Waals surface area contributed by atoms with Crippen molar-refractivity contribution in [3.05, 3.63) is 22.7 Å². The number of likely N-dealkylation sites (N-methyl/N-ethyl adjacent to an activating group) is 1. The lowest BCUT2D eigenvalue weighted by Crippen LogP contribution is -2.47. The van der Waals surface area contributed by atoms with Gasteiger partial charge in [0, 0.05) is 17.6 Å². The van der Waals surface area contributed by atoms with Gasteiger partial charge in [-0.2, -0.15) is 5.26 Å². The average molecular weight is 366 g/mol. The largest absolute Gasteiger partial charge is 0.482 e. The number of halogens is 1. The van der Waals surface area contributed by atoms with E-state index in [0.29, 0.717) is 11.4 Å². The molecule has 0 spiro atoms. The Hall–Kier alpha value is -2.07. The van der Waals surface area contributed by atoms with Crippen molar-refractivity contribution in [1.82, 2.24) is 4.90 Å². The number of nitrogens with zero attached hydrogens (tertiary/aromatic N) is 3. The van der Waals surface area contributed by atoms with Gasteiger partial charge in [0.25, 0.3) is 5.91 Å². The van der Waals surface area contributed by atoms with Crippen LogP contribution in [0.3, 0.4) is 0 Å². The van der Waals surface area contributed by atoms with E-state index in [1.807, 2.05) is 6.07 Å². The maximum Gasteiger partial charge on any atom is 0.265 e. The van der Waals surface area contributed by atoms with Crippen LogP contribution in [0.4, 0.5) is 5.69 Å². The fraction of sp³-hybridized carbons (Fsp3) is 0.400. The van der Waals surface area contributed by atoms with Crippen molar-refractivity contribution in [2.24, 2.45) is 0 Å². The van der Waals surface area contributed by atoms with Gasteiger partial charge in [0.15, 0.2) is 6.61 Å². The van der Waals surface area contributed by atoms with Crippen molar-refractivity contribution in [2.75, 3.05) is 25.1 Å². The van der Waals surface area contributed by atoms with Gasteiger partial charge in [0.1, 0.15) is 12.3 Å². The van der Waals surface area contributed by atoms with Crippen LogP contribution in [-0.4, -0.2) is 43.0 Å². The van der Waals surface area contributed by atoms with Gasteiger partial charge in [-0.05, 0) is 25.1 Å². The van der Waals surface area contributed by atoms with E-state index >= 15 is 0 Å². The normalized spacial score (nSPS) is 14.6. The fourth-order valence-corrected chi connectivity index (χ4v) is 2.45. The minimum absolute atomic E-state index is 0.0664. The number of hydrogen-bond donors (Lipinski definition) is 0. The summed E-state index contributed by atoms with van der Waals surface area (Å²) < 4.78 is 6.23. The van der Waals surface area contributed by atoms with Crippen LogP contribution in [-0.2, 0) is 9.59 Å². The lowest BCUT2D eigenvalue weighted by Gasteiger charge is -2.31. The van der Waals surface area contributed by atoms with Gasteiger partial charge >= 0.3 is 0 Å². The maximum atomic E-state index is 12.3. The molecule has 1 aromatic carbocycles. The van der Waals surface area contributed by atoms with Crippen LogP contribution in [0.5, 0.6) is 5.75 Å². The zero-order chi connectivity index (χ0) is 16.3. The van der Waals surface area contributed by atoms with Crippen LogP contribution in [0.2, 0.25) is 0 Å². The van der Waals surface area contributed by atoms with Crippen LogP contribution >= 0.6 is 15.9 Å². The summed E-state index contributed by atoms with van der Waals surface area (Å²) >= 11 is 3.35. The molecular formula is C15H16BrN3O3. The third-order valence-corrected chi connectivity index (χ3v) is 4.09. The fourth-order valence-electron chi connectivity index (χ4n) is 2.11. The number of nitriles is 1. The van der Waals surface area contributed by atoms with E-state index in [9.17, 15) is 9.59 Å². The molecule has 6 nitrogen and oxygen atoms in total. The quantitative estimate of drug-likeness (QED) is 0.816. The Morgan fingerprint density at radius 1 is 1.59 bits per heavy atom. The summed E-state index contributed by atoms with van der Waals surface area (Å²) in [5.74, 6) is 0.0888. The highest BCUT2D eigenvalue weighted by Gasteiger charge is 2.29. The summed E-state index contributed by atoms with van der Waals surface area (Å²) in [5.41, 5.74) is 0.578. The molecule has 0 N–H and O–H groups in total. The number of carbonyl (C=O) groups excluding carboxylic acids is 2. The molecule has 0 fully saturated rings. The Morgan fingerprint density at radius 3 is 3.00 bits per heavy atom. The summed E-state index contributed by atoms with van der Waals surface area (Å²) in [4.78, 5) is 27.3. The number of rotatable bonds is 4. The molecule has 0 aromatic heterocycles. The summed E-state index contributed by atoms with van der Waals surface area (Å²) in [6, 6.07) is 7.14. The molecular weight excluding hydrogens is 350 g/mol. The Balaban J connectivity index is 2.17. The first-order chi connectivity index (χ1) is 10.4. The third-order valence-electron chi connectivity index (χ3n) is 3.60. The van der Waals surface area contributed by atoms with E-state index in [-0.39, 0.29) is 37.4 Å². The van der Waals surface area contributed by atoms with Gasteiger partial charge < -0.3 is 9.64 Å². The van der Waals surface area contributed by atoms with Crippen molar-refractivity contribution in [1.29, 1.82) is 5.26 Å². The third kappa shape index (κ3) is 3.39. The van der Waals surface area contributed by atoms with Gasteiger partial charge in [-0.25, -0.2) is 0 Å². The van der Waals surface area contributed by atoms with Gasteiger partial charge in [0.2, 0.25) is 5.91 Å². The van der Waals surface area contributed by atoms with Crippen LogP contribution in [0.15, 0.2) is 22.7 Å². The van der Waals surface area contributed by atoms with E-state index < -0.39 is 0 Å². The van der Waals surface area contributed by atoms with E-state index in [4.69, 9.17) is 10.00 Å². The first kappa shape index (κ1) is 16.3. The molecule has 116 valence electrons. The Kier molecular flexibility index (Phi) is 5.03. The lowest BCUT2D eigenvalue weighted by molar-refractivity contribution is -0.132. The summed E-state index contributed by atoms with van der Waals surface area (Å²) in [5, 5.41) is 8.71. The molecule has 0 aliphatic carbocycles. The number of ether oxygens (including phenoxy) is 1. The molecule has 1 unspecified atom stereocenters. The smallest absolute Gasteiger partial charge is 0.265 e. The maximum absolute atomic E-state index is 12.3. The number of hydrogen-bond acceptors (Lipinski definition) is 4. The van der Waals surface area contributed by atoms with Crippen molar-refractivity contribution in [3.63, 3.8) is 0 Å². The predicted octanol–water partition coefficient (Wildman–Crippen LogP) is 1.94. The molecule has 2 amide bonds. The second kappa shape index (κ2) is 6.79. The van der Waals surface area contributed by atoms with Crippen LogP contribution < -0.4 is 9.64 Å². The Morgan fingerprint density at radius 2 is 2.32 bits per heavy atom. The summed E-state index contributed by atoms with van der Waals surface area (Å²) in [7, 11) is 1.64. The summed E-state index contributed by atoms with van der Waals surface area (Å²) in [6.45, 7) is 1.64. The lowest BCUT2D eigenvalue weighted by atomic mass is 10.2. The molecule has 0 saturated carbocycles. The minimum Gasteiger partial charge on any atom is -0.482 e. The number of carbonyl (C=O) groups is 2. The Labute approximate surface area is 137 Å². The topological polar surface area (TPSA) is 73.6 Å². The zero-order valence-electron chi connectivity index (χ0n) is 12.4. The monoisotopic (exact) mass is 365 g/mol. The molecule has 22 heavy (non-hydrogen) atoms. The van der Waals surface area contributed by atoms with Gasteiger partial charge in [0.05, 0.1) is 18.2 Å². The first-order valence-electron chi connectivity index (χ1n) is 6.79. The van der Waals surface area contributed by atoms with Gasteiger partial charge in [-0.3, -0.25) is 14.5 Å². The zero-order valence-corrected chi connectivity index (χ0v) is 14.0. The van der Waals surface area contributed by atoms with Gasteiger partial charge in [-0.15, -0.1) is 0 Å². The van der Waals surface area contributed by atoms with Crippen molar-refractivity contribution in [2.45, 2.75) is 19.4 Å². The Bertz CT molecular complexity index is 641. The second-order valence-electron chi connectivity index (χ2n) is 5.10. The molecule has 0 saturated heterocycles. The van der Waals surface area contributed by atoms with Crippen LogP contribution in [0.1, 0.15) is 13.3 Å². The number of amides is 2. The SMILES string of the molecule is CC(CC#N)N(C)C(=O)CN1C(=O)COc2cc(Br)ccc21. The molecule has 1 aromatic rings. The standard InChI is InChI=1S/C15H16BrN3O3/c1-10(5-6-17)18(2)14(20)8-19-12-4-3-11(16)7-13(12)22-9-15(19)21/h3-4,7,10H,5,8-9H2,1-2H3. The molecule has 0 radical (unpaired) electrons. The van der Waals surface area contributed by atoms with E-state index in [2.05, 4.69) is 15.9 Å². The molecule has 1 heterocycles.